The standard InChI is InChI=1S/C21H30N4O5S/c1-14(2)18(12-26)23-21(27)24-10-16(11-24)31(28,29)25-8-5-15(6-9-25)17-13-30-19-4-3-7-22-20(17)19/h3-4,7,13-16,18,26H,5-6,8-12H2,1-2H3,(H,23,27)/t18-/m1/s1. The molecule has 9 nitrogen and oxygen atoms in total. The van der Waals surface area contributed by atoms with Gasteiger partial charge < -0.3 is 19.7 Å². The molecule has 2 N–H and O–H groups in total. The summed E-state index contributed by atoms with van der Waals surface area (Å²) in [5.41, 5.74) is 2.65. The average Bonchev–Trinajstić information content (AvgIpc) is 3.14. The number of urea groups is 1. The van der Waals surface area contributed by atoms with Gasteiger partial charge in [-0.1, -0.05) is 13.8 Å². The lowest BCUT2D eigenvalue weighted by molar-refractivity contribution is 0.148. The number of piperidine rings is 1. The number of likely N-dealkylation sites (tertiary alicyclic amines) is 1. The minimum Gasteiger partial charge on any atom is -0.462 e. The van der Waals surface area contributed by atoms with Gasteiger partial charge in [0.1, 0.15) is 10.8 Å². The number of fused-ring (bicyclic) bond motifs is 1. The molecule has 2 aromatic heterocycles. The van der Waals surface area contributed by atoms with E-state index in [1.165, 1.54) is 4.90 Å². The molecule has 2 saturated heterocycles. The van der Waals surface area contributed by atoms with E-state index < -0.39 is 15.3 Å². The third-order valence-corrected chi connectivity index (χ3v) is 8.70. The highest BCUT2D eigenvalue weighted by molar-refractivity contribution is 7.89. The summed E-state index contributed by atoms with van der Waals surface area (Å²) < 4.78 is 33.2. The number of rotatable bonds is 6. The van der Waals surface area contributed by atoms with Gasteiger partial charge in [0, 0.05) is 37.9 Å². The van der Waals surface area contributed by atoms with Gasteiger partial charge in [0.25, 0.3) is 0 Å². The molecule has 1 atom stereocenters. The van der Waals surface area contributed by atoms with Gasteiger partial charge in [-0.15, -0.1) is 0 Å². The van der Waals surface area contributed by atoms with E-state index in [0.717, 1.165) is 16.7 Å². The van der Waals surface area contributed by atoms with E-state index >= 15 is 0 Å². The topological polar surface area (TPSA) is 116 Å². The summed E-state index contributed by atoms with van der Waals surface area (Å²) in [6.07, 6.45) is 4.91. The normalized spacial score (nSPS) is 20.2. The molecule has 2 aromatic rings. The quantitative estimate of drug-likeness (QED) is 0.693. The van der Waals surface area contributed by atoms with E-state index in [2.05, 4.69) is 10.3 Å². The number of pyridine rings is 1. The molecule has 4 heterocycles. The molecule has 2 amide bonds. The predicted molar refractivity (Wildman–Crippen MR) is 116 cm³/mol. The van der Waals surface area contributed by atoms with Crippen molar-refractivity contribution in [3.8, 4) is 0 Å². The first-order valence-electron chi connectivity index (χ1n) is 10.8. The van der Waals surface area contributed by atoms with Gasteiger partial charge in [-0.25, -0.2) is 17.5 Å². The highest BCUT2D eigenvalue weighted by atomic mass is 32.2. The van der Waals surface area contributed by atoms with Crippen molar-refractivity contribution < 1.29 is 22.7 Å². The largest absolute Gasteiger partial charge is 0.462 e. The molecule has 31 heavy (non-hydrogen) atoms. The van der Waals surface area contributed by atoms with Crippen LogP contribution in [0.25, 0.3) is 11.1 Å². The van der Waals surface area contributed by atoms with Crippen LogP contribution >= 0.6 is 0 Å². The van der Waals surface area contributed by atoms with E-state index in [-0.39, 0.29) is 43.6 Å². The maximum absolute atomic E-state index is 13.0. The number of aromatic nitrogens is 1. The number of hydrogen-bond donors (Lipinski definition) is 2. The Labute approximate surface area is 182 Å². The molecule has 0 spiro atoms. The van der Waals surface area contributed by atoms with E-state index in [0.29, 0.717) is 25.9 Å². The molecule has 0 aliphatic carbocycles. The van der Waals surface area contributed by atoms with Crippen molar-refractivity contribution in [3.63, 3.8) is 0 Å². The fourth-order valence-corrected chi connectivity index (χ4v) is 6.15. The Bertz CT molecular complexity index is 1020. The zero-order valence-corrected chi connectivity index (χ0v) is 18.7. The molecule has 170 valence electrons. The Morgan fingerprint density at radius 1 is 1.32 bits per heavy atom. The molecule has 0 unspecified atom stereocenters. The zero-order chi connectivity index (χ0) is 22.2. The fraction of sp³-hybridized carbons (Fsp3) is 0.619. The fourth-order valence-electron chi connectivity index (χ4n) is 4.27. The van der Waals surface area contributed by atoms with Gasteiger partial charge in [0.05, 0.1) is 18.9 Å². The molecule has 4 rings (SSSR count). The Morgan fingerprint density at radius 3 is 2.68 bits per heavy atom. The summed E-state index contributed by atoms with van der Waals surface area (Å²) in [6.45, 7) is 4.95. The summed E-state index contributed by atoms with van der Waals surface area (Å²) >= 11 is 0. The van der Waals surface area contributed by atoms with Crippen molar-refractivity contribution in [1.82, 2.24) is 19.5 Å². The maximum Gasteiger partial charge on any atom is 0.317 e. The molecule has 0 radical (unpaired) electrons. The number of aliphatic hydroxyl groups excluding tert-OH is 1. The molecule has 0 bridgehead atoms. The number of sulfonamides is 1. The van der Waals surface area contributed by atoms with Gasteiger partial charge in [0.15, 0.2) is 5.58 Å². The number of carbonyl (C=O) groups is 1. The number of furan rings is 1. The highest BCUT2D eigenvalue weighted by Gasteiger charge is 2.44. The second-order valence-electron chi connectivity index (χ2n) is 8.77. The first kappa shape index (κ1) is 22.0. The van der Waals surface area contributed by atoms with Crippen LogP contribution in [0, 0.1) is 5.92 Å². The predicted octanol–water partition coefficient (Wildman–Crippen LogP) is 1.75. The molecular weight excluding hydrogens is 420 g/mol. The second kappa shape index (κ2) is 8.76. The first-order chi connectivity index (χ1) is 14.8. The van der Waals surface area contributed by atoms with Crippen LogP contribution in [0.4, 0.5) is 4.79 Å². The van der Waals surface area contributed by atoms with Crippen LogP contribution in [0.3, 0.4) is 0 Å². The van der Waals surface area contributed by atoms with Crippen molar-refractivity contribution >= 4 is 27.2 Å². The van der Waals surface area contributed by atoms with E-state index in [1.807, 2.05) is 26.0 Å². The van der Waals surface area contributed by atoms with Crippen molar-refractivity contribution in [3.05, 3.63) is 30.2 Å². The minimum atomic E-state index is -3.45. The minimum absolute atomic E-state index is 0.0959. The van der Waals surface area contributed by atoms with Crippen LogP contribution in [0.5, 0.6) is 0 Å². The molecular formula is C21H30N4O5S. The number of nitrogens with zero attached hydrogens (tertiary/aromatic N) is 3. The van der Waals surface area contributed by atoms with Crippen LogP contribution in [0.15, 0.2) is 29.0 Å². The SMILES string of the molecule is CC(C)[C@@H](CO)NC(=O)N1CC(S(=O)(=O)N2CCC(c3coc4cccnc34)CC2)C1. The lowest BCUT2D eigenvalue weighted by atomic mass is 9.91. The summed E-state index contributed by atoms with van der Waals surface area (Å²) in [5, 5.41) is 11.6. The third-order valence-electron chi connectivity index (χ3n) is 6.48. The third kappa shape index (κ3) is 4.28. The average molecular weight is 451 g/mol. The monoisotopic (exact) mass is 450 g/mol. The van der Waals surface area contributed by atoms with Crippen LogP contribution in [0.2, 0.25) is 0 Å². The van der Waals surface area contributed by atoms with Crippen molar-refractivity contribution in [2.75, 3.05) is 32.8 Å². The Morgan fingerprint density at radius 2 is 2.03 bits per heavy atom. The highest BCUT2D eigenvalue weighted by Crippen LogP contribution is 2.35. The number of amides is 2. The molecule has 2 aliphatic heterocycles. The number of carbonyl (C=O) groups excluding carboxylic acids is 1. The van der Waals surface area contributed by atoms with Crippen LogP contribution in [-0.4, -0.2) is 77.8 Å². The second-order valence-corrected chi connectivity index (χ2v) is 11.0. The lowest BCUT2D eigenvalue weighted by Crippen LogP contribution is -2.63. The van der Waals surface area contributed by atoms with E-state index in [1.54, 1.807) is 16.8 Å². The molecule has 10 heteroatoms. The van der Waals surface area contributed by atoms with Crippen molar-refractivity contribution in [1.29, 1.82) is 0 Å². The van der Waals surface area contributed by atoms with Crippen LogP contribution < -0.4 is 5.32 Å². The Balaban J connectivity index is 1.31. The Kier molecular flexibility index (Phi) is 6.23. The van der Waals surface area contributed by atoms with Gasteiger partial charge in [-0.2, -0.15) is 0 Å². The summed E-state index contributed by atoms with van der Waals surface area (Å²) in [6, 6.07) is 3.06. The van der Waals surface area contributed by atoms with Gasteiger partial charge in [-0.3, -0.25) is 4.98 Å². The molecule has 2 aliphatic rings. The van der Waals surface area contributed by atoms with Gasteiger partial charge in [0.2, 0.25) is 10.0 Å². The van der Waals surface area contributed by atoms with Crippen molar-refractivity contribution in [2.45, 2.75) is 43.9 Å². The molecule has 0 aromatic carbocycles. The summed E-state index contributed by atoms with van der Waals surface area (Å²) in [5.74, 6) is 0.316. The number of hydrogen-bond acceptors (Lipinski definition) is 6. The summed E-state index contributed by atoms with van der Waals surface area (Å²) in [4.78, 5) is 18.2. The van der Waals surface area contributed by atoms with E-state index in [4.69, 9.17) is 4.42 Å². The smallest absolute Gasteiger partial charge is 0.317 e. The Hall–Kier alpha value is -2.17. The van der Waals surface area contributed by atoms with E-state index in [9.17, 15) is 18.3 Å². The van der Waals surface area contributed by atoms with Crippen LogP contribution in [0.1, 0.15) is 38.2 Å². The van der Waals surface area contributed by atoms with Crippen LogP contribution in [-0.2, 0) is 10.0 Å². The molecule has 0 saturated carbocycles. The van der Waals surface area contributed by atoms with Crippen molar-refractivity contribution in [2.24, 2.45) is 5.92 Å². The number of nitrogens with one attached hydrogen (secondary N) is 1. The van der Waals surface area contributed by atoms with Gasteiger partial charge >= 0.3 is 6.03 Å². The first-order valence-corrected chi connectivity index (χ1v) is 12.3. The number of aliphatic hydroxyl groups is 1. The summed E-state index contributed by atoms with van der Waals surface area (Å²) in [7, 11) is -3.45. The zero-order valence-electron chi connectivity index (χ0n) is 17.9. The maximum atomic E-state index is 13.0. The lowest BCUT2D eigenvalue weighted by Gasteiger charge is -2.42. The molecule has 2 fully saturated rings. The van der Waals surface area contributed by atoms with Gasteiger partial charge in [-0.05, 0) is 36.8 Å².